The van der Waals surface area contributed by atoms with Crippen molar-refractivity contribution < 1.29 is 18.6 Å². The maximum absolute atomic E-state index is 6.97. The molecule has 0 N–H and O–H groups in total. The molecule has 29 heavy (non-hydrogen) atoms. The molecule has 2 aliphatic heterocycles. The van der Waals surface area contributed by atoms with Crippen LogP contribution >= 0.6 is 0 Å². The van der Waals surface area contributed by atoms with E-state index in [1.807, 2.05) is 13.8 Å². The second kappa shape index (κ2) is 7.64. The summed E-state index contributed by atoms with van der Waals surface area (Å²) >= 11 is 0. The minimum atomic E-state index is -2.54. The first-order valence-corrected chi connectivity index (χ1v) is 12.4. The van der Waals surface area contributed by atoms with E-state index in [1.165, 1.54) is 10.4 Å². The minimum Gasteiger partial charge on any atom is -0.405 e. The highest BCUT2D eigenvalue weighted by molar-refractivity contribution is 6.99. The van der Waals surface area contributed by atoms with Crippen LogP contribution in [0.1, 0.15) is 41.0 Å². The highest BCUT2D eigenvalue weighted by Crippen LogP contribution is 2.40. The molecule has 2 aromatic rings. The maximum Gasteiger partial charge on any atom is 0.261 e. The first kappa shape index (κ1) is 20.8. The van der Waals surface area contributed by atoms with Gasteiger partial charge in [0.15, 0.2) is 12.1 Å². The molecule has 0 bridgehead atoms. The van der Waals surface area contributed by atoms with Crippen LogP contribution in [0.5, 0.6) is 0 Å². The van der Waals surface area contributed by atoms with Gasteiger partial charge in [0.1, 0.15) is 6.10 Å². The van der Waals surface area contributed by atoms with Crippen LogP contribution in [0.2, 0.25) is 5.04 Å². The predicted octanol–water partition coefficient (Wildman–Crippen LogP) is 3.83. The molecular weight excluding hydrogens is 380 g/mol. The van der Waals surface area contributed by atoms with Crippen LogP contribution in [0.4, 0.5) is 0 Å². The summed E-state index contributed by atoms with van der Waals surface area (Å²) in [7, 11) is -2.54. The monoisotopic (exact) mass is 412 g/mol. The fourth-order valence-corrected chi connectivity index (χ4v) is 9.26. The Balaban J connectivity index is 1.62. The summed E-state index contributed by atoms with van der Waals surface area (Å²) in [5.74, 6) is -0.570. The third kappa shape index (κ3) is 3.94. The molecule has 0 spiro atoms. The highest BCUT2D eigenvalue weighted by atomic mass is 28.4. The summed E-state index contributed by atoms with van der Waals surface area (Å²) < 4.78 is 25.0. The number of hydrogen-bond acceptors (Lipinski definition) is 4. The zero-order chi connectivity index (χ0) is 20.7. The lowest BCUT2D eigenvalue weighted by atomic mass is 10.2. The Labute approximate surface area is 175 Å². The second-order valence-corrected chi connectivity index (χ2v) is 13.8. The van der Waals surface area contributed by atoms with Crippen molar-refractivity contribution in [1.82, 2.24) is 0 Å². The molecule has 2 aromatic carbocycles. The average molecular weight is 413 g/mol. The minimum absolute atomic E-state index is 0.0160. The van der Waals surface area contributed by atoms with Gasteiger partial charge in [-0.05, 0) is 29.3 Å². The van der Waals surface area contributed by atoms with Crippen molar-refractivity contribution in [3.8, 4) is 0 Å². The SMILES string of the molecule is CC1(C)O[C@H]2O[C@H](CO[Si](c3ccccc3)(c3ccccc3)C(C)(C)C)C[C@H]2O1. The fraction of sp³-hybridized carbons (Fsp3) is 0.500. The Morgan fingerprint density at radius 1 is 0.931 bits per heavy atom. The Bertz CT molecular complexity index is 760. The van der Waals surface area contributed by atoms with Gasteiger partial charge in [-0.15, -0.1) is 0 Å². The van der Waals surface area contributed by atoms with Gasteiger partial charge in [-0.1, -0.05) is 81.4 Å². The maximum atomic E-state index is 6.97. The van der Waals surface area contributed by atoms with E-state index in [0.29, 0.717) is 6.61 Å². The third-order valence-electron chi connectivity index (χ3n) is 5.86. The molecule has 5 heteroatoms. The quantitative estimate of drug-likeness (QED) is 0.700. The molecule has 4 rings (SSSR count). The van der Waals surface area contributed by atoms with Gasteiger partial charge in [-0.3, -0.25) is 0 Å². The van der Waals surface area contributed by atoms with Crippen molar-refractivity contribution in [2.24, 2.45) is 0 Å². The second-order valence-electron chi connectivity index (χ2n) is 9.51. The van der Waals surface area contributed by atoms with Gasteiger partial charge >= 0.3 is 0 Å². The molecule has 2 heterocycles. The summed E-state index contributed by atoms with van der Waals surface area (Å²) in [6.07, 6.45) is 0.463. The van der Waals surface area contributed by atoms with Crippen molar-refractivity contribution in [2.75, 3.05) is 6.61 Å². The van der Waals surface area contributed by atoms with E-state index in [2.05, 4.69) is 81.4 Å². The summed E-state index contributed by atoms with van der Waals surface area (Å²) in [6.45, 7) is 11.3. The summed E-state index contributed by atoms with van der Waals surface area (Å²) in [6, 6.07) is 21.4. The van der Waals surface area contributed by atoms with Gasteiger partial charge in [0.05, 0.1) is 12.7 Å². The zero-order valence-corrected chi connectivity index (χ0v) is 19.1. The normalized spacial score (nSPS) is 26.4. The molecule has 0 unspecified atom stereocenters. The molecule has 156 valence electrons. The highest BCUT2D eigenvalue weighted by Gasteiger charge is 2.52. The molecule has 4 nitrogen and oxygen atoms in total. The number of fused-ring (bicyclic) bond motifs is 1. The van der Waals surface area contributed by atoms with Crippen LogP contribution in [0.3, 0.4) is 0 Å². The molecule has 0 aliphatic carbocycles. The van der Waals surface area contributed by atoms with Gasteiger partial charge in [0.2, 0.25) is 0 Å². The lowest BCUT2D eigenvalue weighted by molar-refractivity contribution is -0.207. The predicted molar refractivity (Wildman–Crippen MR) is 117 cm³/mol. The number of ether oxygens (including phenoxy) is 3. The fourth-order valence-electron chi connectivity index (χ4n) is 4.67. The van der Waals surface area contributed by atoms with E-state index in [9.17, 15) is 0 Å². The van der Waals surface area contributed by atoms with Gasteiger partial charge in [0.25, 0.3) is 8.32 Å². The first-order chi connectivity index (χ1) is 13.7. The van der Waals surface area contributed by atoms with Gasteiger partial charge < -0.3 is 18.6 Å². The lowest BCUT2D eigenvalue weighted by Gasteiger charge is -2.43. The standard InChI is InChI=1S/C24H32O4Si/c1-23(2,3)29(19-12-8-6-9-13-19,20-14-10-7-11-15-20)25-17-18-16-21-22(26-18)28-24(4,5)27-21/h6-15,18,21-22H,16-17H2,1-5H3/t18-,21+,22+/m0/s1. The van der Waals surface area contributed by atoms with Crippen LogP contribution in [-0.2, 0) is 18.6 Å². The van der Waals surface area contributed by atoms with Crippen molar-refractivity contribution in [2.45, 2.75) is 70.4 Å². The Morgan fingerprint density at radius 2 is 1.48 bits per heavy atom. The van der Waals surface area contributed by atoms with E-state index < -0.39 is 14.1 Å². The molecule has 3 atom stereocenters. The van der Waals surface area contributed by atoms with Gasteiger partial charge in [0, 0.05) is 6.42 Å². The largest absolute Gasteiger partial charge is 0.405 e. The van der Waals surface area contributed by atoms with Crippen LogP contribution in [0, 0.1) is 0 Å². The van der Waals surface area contributed by atoms with Crippen molar-refractivity contribution >= 4 is 18.7 Å². The molecule has 0 aromatic heterocycles. The Kier molecular flexibility index (Phi) is 5.47. The number of hydrogen-bond donors (Lipinski definition) is 0. The average Bonchev–Trinajstić information content (AvgIpc) is 3.16. The summed E-state index contributed by atoms with van der Waals surface area (Å²) in [5, 5.41) is 2.52. The lowest BCUT2D eigenvalue weighted by Crippen LogP contribution is -2.67. The topological polar surface area (TPSA) is 36.9 Å². The molecule has 0 saturated carbocycles. The van der Waals surface area contributed by atoms with E-state index in [-0.39, 0.29) is 23.5 Å². The van der Waals surface area contributed by atoms with Crippen LogP contribution in [0.15, 0.2) is 60.7 Å². The van der Waals surface area contributed by atoms with E-state index in [1.54, 1.807) is 0 Å². The smallest absolute Gasteiger partial charge is 0.261 e. The van der Waals surface area contributed by atoms with E-state index >= 15 is 0 Å². The van der Waals surface area contributed by atoms with Crippen molar-refractivity contribution in [1.29, 1.82) is 0 Å². The molecule has 2 saturated heterocycles. The molecule has 2 fully saturated rings. The molecule has 2 aliphatic rings. The number of rotatable bonds is 5. The Hall–Kier alpha value is -1.50. The first-order valence-electron chi connectivity index (χ1n) is 10.5. The van der Waals surface area contributed by atoms with Crippen molar-refractivity contribution in [3.05, 3.63) is 60.7 Å². The van der Waals surface area contributed by atoms with E-state index in [4.69, 9.17) is 18.6 Å². The molecular formula is C24H32O4Si. The summed E-state index contributed by atoms with van der Waals surface area (Å²) in [4.78, 5) is 0. The van der Waals surface area contributed by atoms with Gasteiger partial charge in [-0.2, -0.15) is 0 Å². The van der Waals surface area contributed by atoms with Crippen LogP contribution < -0.4 is 10.4 Å². The molecule has 0 amide bonds. The van der Waals surface area contributed by atoms with Gasteiger partial charge in [-0.25, -0.2) is 0 Å². The van der Waals surface area contributed by atoms with Crippen molar-refractivity contribution in [3.63, 3.8) is 0 Å². The Morgan fingerprint density at radius 3 is 1.97 bits per heavy atom. The third-order valence-corrected chi connectivity index (χ3v) is 10.9. The van der Waals surface area contributed by atoms with Crippen LogP contribution in [-0.4, -0.2) is 39.2 Å². The molecule has 0 radical (unpaired) electrons. The zero-order valence-electron chi connectivity index (χ0n) is 18.1. The summed E-state index contributed by atoms with van der Waals surface area (Å²) in [5.41, 5.74) is 0. The van der Waals surface area contributed by atoms with Crippen LogP contribution in [0.25, 0.3) is 0 Å². The number of benzene rings is 2. The van der Waals surface area contributed by atoms with E-state index in [0.717, 1.165) is 6.42 Å².